The van der Waals surface area contributed by atoms with Crippen molar-refractivity contribution in [3.8, 4) is 5.75 Å². The molecule has 1 aromatic carbocycles. The summed E-state index contributed by atoms with van der Waals surface area (Å²) in [5.74, 6) is 0.588. The zero-order valence-corrected chi connectivity index (χ0v) is 10.7. The predicted octanol–water partition coefficient (Wildman–Crippen LogP) is 3.05. The van der Waals surface area contributed by atoms with Gasteiger partial charge in [0.15, 0.2) is 0 Å². The molecule has 0 aliphatic carbocycles. The number of rotatable bonds is 7. The Balaban J connectivity index is 2.48. The summed E-state index contributed by atoms with van der Waals surface area (Å²) < 4.78 is 33.3. The lowest BCUT2D eigenvalue weighted by Crippen LogP contribution is -2.08. The van der Waals surface area contributed by atoms with Gasteiger partial charge in [0.2, 0.25) is 0 Å². The van der Waals surface area contributed by atoms with Crippen molar-refractivity contribution in [1.82, 2.24) is 0 Å². The molecule has 0 aromatic heterocycles. The molecule has 0 radical (unpaired) electrons. The summed E-state index contributed by atoms with van der Waals surface area (Å²) in [6, 6.07) is 4.89. The molecule has 0 bridgehead atoms. The summed E-state index contributed by atoms with van der Waals surface area (Å²) in [5.41, 5.74) is 0.526. The van der Waals surface area contributed by atoms with Crippen LogP contribution in [-0.2, 0) is 4.74 Å². The minimum absolute atomic E-state index is 0.0495. The number of aliphatic hydroxyl groups is 1. The number of aliphatic hydroxyl groups excluding tert-OH is 1. The lowest BCUT2D eigenvalue weighted by atomic mass is 10.1. The van der Waals surface area contributed by atoms with E-state index in [4.69, 9.17) is 21.1 Å². The third-order valence-electron chi connectivity index (χ3n) is 2.35. The number of alkyl halides is 2. The number of ether oxygens (including phenoxy) is 2. The quantitative estimate of drug-likeness (QED) is 0.780. The van der Waals surface area contributed by atoms with Crippen LogP contribution in [0.15, 0.2) is 18.2 Å². The molecule has 0 saturated heterocycles. The van der Waals surface area contributed by atoms with Gasteiger partial charge in [-0.15, -0.1) is 0 Å². The van der Waals surface area contributed by atoms with Gasteiger partial charge in [-0.1, -0.05) is 17.7 Å². The van der Waals surface area contributed by atoms with Crippen LogP contribution < -0.4 is 4.74 Å². The Kier molecular flexibility index (Phi) is 6.32. The van der Waals surface area contributed by atoms with Crippen molar-refractivity contribution in [2.45, 2.75) is 19.0 Å². The lowest BCUT2D eigenvalue weighted by Gasteiger charge is -2.13. The Morgan fingerprint density at radius 2 is 2.11 bits per heavy atom. The molecule has 0 fully saturated rings. The molecule has 0 heterocycles. The van der Waals surface area contributed by atoms with Crippen LogP contribution in [0.5, 0.6) is 5.75 Å². The highest BCUT2D eigenvalue weighted by atomic mass is 35.5. The summed E-state index contributed by atoms with van der Waals surface area (Å²) in [7, 11) is 1.51. The third kappa shape index (κ3) is 4.76. The van der Waals surface area contributed by atoms with Gasteiger partial charge in [0, 0.05) is 13.0 Å². The molecular weight excluding hydrogens is 266 g/mol. The molecule has 1 N–H and O–H groups in total. The predicted molar refractivity (Wildman–Crippen MR) is 64.4 cm³/mol. The van der Waals surface area contributed by atoms with Crippen molar-refractivity contribution >= 4 is 11.6 Å². The Labute approximate surface area is 109 Å². The fraction of sp³-hybridized carbons (Fsp3) is 0.500. The molecule has 18 heavy (non-hydrogen) atoms. The van der Waals surface area contributed by atoms with E-state index in [-0.39, 0.29) is 13.0 Å². The molecule has 0 aliphatic heterocycles. The van der Waals surface area contributed by atoms with E-state index < -0.39 is 19.1 Å². The van der Waals surface area contributed by atoms with Gasteiger partial charge in [0.05, 0.1) is 18.2 Å². The second-order valence-electron chi connectivity index (χ2n) is 3.66. The summed E-state index contributed by atoms with van der Waals surface area (Å²) in [5, 5.41) is 10.2. The van der Waals surface area contributed by atoms with Crippen molar-refractivity contribution in [3.05, 3.63) is 28.8 Å². The van der Waals surface area contributed by atoms with Gasteiger partial charge in [-0.05, 0) is 17.7 Å². The van der Waals surface area contributed by atoms with Crippen molar-refractivity contribution < 1.29 is 23.4 Å². The normalized spacial score (nSPS) is 12.8. The zero-order chi connectivity index (χ0) is 13.5. The molecule has 1 unspecified atom stereocenters. The van der Waals surface area contributed by atoms with Gasteiger partial charge < -0.3 is 14.6 Å². The smallest absolute Gasteiger partial charge is 0.261 e. The molecule has 0 amide bonds. The van der Waals surface area contributed by atoms with Crippen LogP contribution in [0.2, 0.25) is 5.02 Å². The van der Waals surface area contributed by atoms with E-state index in [2.05, 4.69) is 0 Å². The standard InChI is InChI=1S/C12H15ClF2O3/c1-17-8-2-3-9(10(13)6-8)11(16)4-5-18-7-12(14)15/h2-3,6,11-12,16H,4-5,7H2,1H3. The Morgan fingerprint density at radius 3 is 2.67 bits per heavy atom. The van der Waals surface area contributed by atoms with E-state index >= 15 is 0 Å². The Hall–Kier alpha value is -0.910. The molecule has 1 atom stereocenters. The van der Waals surface area contributed by atoms with E-state index in [1.165, 1.54) is 7.11 Å². The second kappa shape index (κ2) is 7.51. The largest absolute Gasteiger partial charge is 0.497 e. The highest BCUT2D eigenvalue weighted by molar-refractivity contribution is 6.31. The molecule has 1 aromatic rings. The minimum atomic E-state index is -2.49. The van der Waals surface area contributed by atoms with Crippen LogP contribution in [0.3, 0.4) is 0 Å². The van der Waals surface area contributed by atoms with Crippen LogP contribution in [0, 0.1) is 0 Å². The van der Waals surface area contributed by atoms with Gasteiger partial charge in [-0.25, -0.2) is 8.78 Å². The van der Waals surface area contributed by atoms with Crippen molar-refractivity contribution in [2.75, 3.05) is 20.3 Å². The topological polar surface area (TPSA) is 38.7 Å². The number of hydrogen-bond donors (Lipinski definition) is 1. The molecule has 3 nitrogen and oxygen atoms in total. The van der Waals surface area contributed by atoms with Gasteiger partial charge in [0.25, 0.3) is 6.43 Å². The molecular formula is C12H15ClF2O3. The van der Waals surface area contributed by atoms with Crippen molar-refractivity contribution in [1.29, 1.82) is 0 Å². The number of halogens is 3. The third-order valence-corrected chi connectivity index (χ3v) is 2.67. The molecule has 102 valence electrons. The van der Waals surface area contributed by atoms with E-state index in [9.17, 15) is 13.9 Å². The van der Waals surface area contributed by atoms with E-state index in [0.29, 0.717) is 16.3 Å². The minimum Gasteiger partial charge on any atom is -0.497 e. The SMILES string of the molecule is COc1ccc(C(O)CCOCC(F)F)c(Cl)c1. The Bertz CT molecular complexity index is 374. The van der Waals surface area contributed by atoms with E-state index in [1.54, 1.807) is 18.2 Å². The van der Waals surface area contributed by atoms with Gasteiger partial charge in [-0.2, -0.15) is 0 Å². The van der Waals surface area contributed by atoms with Crippen LogP contribution in [-0.4, -0.2) is 31.9 Å². The zero-order valence-electron chi connectivity index (χ0n) is 9.91. The average molecular weight is 281 g/mol. The number of methoxy groups -OCH3 is 1. The molecule has 6 heteroatoms. The average Bonchev–Trinajstić information content (AvgIpc) is 2.33. The monoisotopic (exact) mass is 280 g/mol. The molecule has 0 aliphatic rings. The number of hydrogen-bond acceptors (Lipinski definition) is 3. The fourth-order valence-corrected chi connectivity index (χ4v) is 1.72. The van der Waals surface area contributed by atoms with E-state index in [1.807, 2.05) is 0 Å². The Morgan fingerprint density at radius 1 is 1.39 bits per heavy atom. The summed E-state index contributed by atoms with van der Waals surface area (Å²) >= 11 is 5.97. The summed E-state index contributed by atoms with van der Waals surface area (Å²) in [6.45, 7) is -0.572. The highest BCUT2D eigenvalue weighted by Gasteiger charge is 2.12. The molecule has 1 rings (SSSR count). The summed E-state index contributed by atoms with van der Waals surface area (Å²) in [6.07, 6.45) is -3.13. The molecule has 0 saturated carbocycles. The van der Waals surface area contributed by atoms with Crippen LogP contribution in [0.25, 0.3) is 0 Å². The van der Waals surface area contributed by atoms with Crippen molar-refractivity contribution in [2.24, 2.45) is 0 Å². The summed E-state index contributed by atoms with van der Waals surface area (Å²) in [4.78, 5) is 0. The fourth-order valence-electron chi connectivity index (χ4n) is 1.43. The maximum atomic E-state index is 11.8. The van der Waals surface area contributed by atoms with E-state index in [0.717, 1.165) is 0 Å². The van der Waals surface area contributed by atoms with Crippen LogP contribution in [0.4, 0.5) is 8.78 Å². The maximum Gasteiger partial charge on any atom is 0.261 e. The first-order chi connectivity index (χ1) is 8.54. The van der Waals surface area contributed by atoms with Crippen molar-refractivity contribution in [3.63, 3.8) is 0 Å². The highest BCUT2D eigenvalue weighted by Crippen LogP contribution is 2.28. The van der Waals surface area contributed by atoms with Crippen LogP contribution >= 0.6 is 11.6 Å². The van der Waals surface area contributed by atoms with Gasteiger partial charge in [0.1, 0.15) is 12.4 Å². The maximum absolute atomic E-state index is 11.8. The molecule has 0 spiro atoms. The lowest BCUT2D eigenvalue weighted by molar-refractivity contribution is 0.00482. The first kappa shape index (κ1) is 15.1. The first-order valence-corrected chi connectivity index (χ1v) is 5.79. The van der Waals surface area contributed by atoms with Gasteiger partial charge in [-0.3, -0.25) is 0 Å². The number of benzene rings is 1. The first-order valence-electron chi connectivity index (χ1n) is 5.42. The second-order valence-corrected chi connectivity index (χ2v) is 4.07. The van der Waals surface area contributed by atoms with Gasteiger partial charge >= 0.3 is 0 Å². The van der Waals surface area contributed by atoms with Crippen LogP contribution in [0.1, 0.15) is 18.1 Å².